The number of benzene rings is 3. The number of fused-ring (bicyclic) bond motifs is 3. The Kier molecular flexibility index (Phi) is 6.17. The zero-order valence-electron chi connectivity index (χ0n) is 18.3. The van der Waals surface area contributed by atoms with Crippen molar-refractivity contribution < 1.29 is 9.53 Å². The van der Waals surface area contributed by atoms with Crippen LogP contribution in [0.5, 0.6) is 5.75 Å². The predicted molar refractivity (Wildman–Crippen MR) is 136 cm³/mol. The van der Waals surface area contributed by atoms with Gasteiger partial charge in [0.1, 0.15) is 11.8 Å². The number of halogens is 2. The number of hydrogen-bond acceptors (Lipinski definition) is 2. The van der Waals surface area contributed by atoms with Crippen molar-refractivity contribution in [1.82, 2.24) is 9.88 Å². The van der Waals surface area contributed by atoms with E-state index < -0.39 is 0 Å². The van der Waals surface area contributed by atoms with E-state index >= 15 is 0 Å². The molecule has 0 bridgehead atoms. The van der Waals surface area contributed by atoms with Gasteiger partial charge in [0.05, 0.1) is 0 Å². The van der Waals surface area contributed by atoms with Gasteiger partial charge in [0.2, 0.25) is 0 Å². The van der Waals surface area contributed by atoms with Crippen LogP contribution in [0.15, 0.2) is 71.2 Å². The Morgan fingerprint density at radius 1 is 1.12 bits per heavy atom. The molecule has 1 aliphatic rings. The van der Waals surface area contributed by atoms with Gasteiger partial charge in [0.15, 0.2) is 0 Å². The molecular weight excluding hydrogens is 500 g/mol. The van der Waals surface area contributed by atoms with Gasteiger partial charge in [-0.3, -0.25) is 4.90 Å². The SMILES string of the molecule is CCCc1ccc(C2c3[nH]c4ccc(Br)cc4c3CCN2C(=O)Oc2ccc(Cl)cc2)cc1. The molecule has 3 aromatic carbocycles. The third kappa shape index (κ3) is 4.40. The summed E-state index contributed by atoms with van der Waals surface area (Å²) < 4.78 is 6.78. The summed E-state index contributed by atoms with van der Waals surface area (Å²) in [5, 5.41) is 1.80. The van der Waals surface area contributed by atoms with Gasteiger partial charge in [-0.15, -0.1) is 0 Å². The molecular formula is C27H24BrClN2O2. The zero-order chi connectivity index (χ0) is 22.9. The van der Waals surface area contributed by atoms with E-state index in [-0.39, 0.29) is 12.1 Å². The van der Waals surface area contributed by atoms with E-state index in [0.717, 1.165) is 40.5 Å². The van der Waals surface area contributed by atoms with E-state index in [2.05, 4.69) is 64.2 Å². The first-order valence-corrected chi connectivity index (χ1v) is 12.3. The van der Waals surface area contributed by atoms with Crippen molar-refractivity contribution in [3.8, 4) is 5.75 Å². The van der Waals surface area contributed by atoms with E-state index in [0.29, 0.717) is 17.3 Å². The molecule has 4 aromatic rings. The average molecular weight is 524 g/mol. The highest BCUT2D eigenvalue weighted by molar-refractivity contribution is 9.10. The maximum Gasteiger partial charge on any atom is 0.416 e. The van der Waals surface area contributed by atoms with Crippen LogP contribution in [0.1, 0.15) is 41.8 Å². The fraction of sp³-hybridized carbons (Fsp3) is 0.222. The van der Waals surface area contributed by atoms with Gasteiger partial charge >= 0.3 is 6.09 Å². The molecule has 4 nitrogen and oxygen atoms in total. The van der Waals surface area contributed by atoms with Crippen molar-refractivity contribution in [3.05, 3.63) is 98.6 Å². The fourth-order valence-corrected chi connectivity index (χ4v) is 5.11. The zero-order valence-corrected chi connectivity index (χ0v) is 20.6. The van der Waals surface area contributed by atoms with Gasteiger partial charge in [-0.2, -0.15) is 0 Å². The van der Waals surface area contributed by atoms with Crippen molar-refractivity contribution in [2.45, 2.75) is 32.2 Å². The highest BCUT2D eigenvalue weighted by Crippen LogP contribution is 2.39. The summed E-state index contributed by atoms with van der Waals surface area (Å²) in [6.07, 6.45) is 2.53. The average Bonchev–Trinajstić information content (AvgIpc) is 3.18. The van der Waals surface area contributed by atoms with E-state index in [1.54, 1.807) is 24.3 Å². The van der Waals surface area contributed by atoms with Gasteiger partial charge < -0.3 is 9.72 Å². The molecule has 168 valence electrons. The monoisotopic (exact) mass is 522 g/mol. The summed E-state index contributed by atoms with van der Waals surface area (Å²) in [5.74, 6) is 0.479. The number of nitrogens with zero attached hydrogens (tertiary/aromatic N) is 1. The fourth-order valence-electron chi connectivity index (χ4n) is 4.62. The molecule has 33 heavy (non-hydrogen) atoms. The number of aryl methyl sites for hydroxylation is 1. The molecule has 1 atom stereocenters. The molecule has 2 heterocycles. The van der Waals surface area contributed by atoms with Crippen LogP contribution in [0, 0.1) is 0 Å². The van der Waals surface area contributed by atoms with Crippen molar-refractivity contribution in [2.75, 3.05) is 6.54 Å². The minimum absolute atomic E-state index is 0.254. The van der Waals surface area contributed by atoms with E-state index in [1.165, 1.54) is 16.5 Å². The molecule has 0 saturated heterocycles. The number of aromatic nitrogens is 1. The lowest BCUT2D eigenvalue weighted by Gasteiger charge is -2.35. The van der Waals surface area contributed by atoms with Gasteiger partial charge in [-0.25, -0.2) is 4.79 Å². The second-order valence-electron chi connectivity index (χ2n) is 8.37. The van der Waals surface area contributed by atoms with Gasteiger partial charge in [-0.05, 0) is 72.0 Å². The summed E-state index contributed by atoms with van der Waals surface area (Å²) in [4.78, 5) is 18.7. The largest absolute Gasteiger partial charge is 0.416 e. The van der Waals surface area contributed by atoms with E-state index in [4.69, 9.17) is 16.3 Å². The lowest BCUT2D eigenvalue weighted by atomic mass is 9.92. The van der Waals surface area contributed by atoms with Crippen LogP contribution in [0.4, 0.5) is 4.79 Å². The second-order valence-corrected chi connectivity index (χ2v) is 9.72. The minimum atomic E-state index is -0.370. The molecule has 1 aromatic heterocycles. The van der Waals surface area contributed by atoms with Crippen molar-refractivity contribution in [3.63, 3.8) is 0 Å². The van der Waals surface area contributed by atoms with Crippen LogP contribution >= 0.6 is 27.5 Å². The maximum atomic E-state index is 13.3. The Labute approximate surface area is 206 Å². The van der Waals surface area contributed by atoms with Crippen molar-refractivity contribution >= 4 is 44.5 Å². The number of aromatic amines is 1. The first-order chi connectivity index (χ1) is 16.0. The van der Waals surface area contributed by atoms with Crippen LogP contribution in [0.3, 0.4) is 0 Å². The summed E-state index contributed by atoms with van der Waals surface area (Å²) in [6, 6.07) is 21.5. The Bertz CT molecular complexity index is 1300. The summed E-state index contributed by atoms with van der Waals surface area (Å²) >= 11 is 9.58. The number of amides is 1. The molecule has 1 N–H and O–H groups in total. The van der Waals surface area contributed by atoms with Crippen LogP contribution in [0.25, 0.3) is 10.9 Å². The second kappa shape index (κ2) is 9.24. The van der Waals surface area contributed by atoms with E-state index in [9.17, 15) is 4.79 Å². The number of carbonyl (C=O) groups is 1. The molecule has 0 saturated carbocycles. The Hall–Kier alpha value is -2.76. The predicted octanol–water partition coefficient (Wildman–Crippen LogP) is 7.68. The minimum Gasteiger partial charge on any atom is -0.410 e. The van der Waals surface area contributed by atoms with Crippen molar-refractivity contribution in [2.24, 2.45) is 0 Å². The van der Waals surface area contributed by atoms with Gasteiger partial charge in [0, 0.05) is 32.6 Å². The first kappa shape index (κ1) is 22.1. The Morgan fingerprint density at radius 3 is 2.61 bits per heavy atom. The molecule has 1 amide bonds. The number of hydrogen-bond donors (Lipinski definition) is 1. The number of ether oxygens (including phenoxy) is 1. The number of carbonyl (C=O) groups excluding carboxylic acids is 1. The maximum absolute atomic E-state index is 13.3. The Morgan fingerprint density at radius 2 is 1.88 bits per heavy atom. The highest BCUT2D eigenvalue weighted by atomic mass is 79.9. The molecule has 1 unspecified atom stereocenters. The van der Waals surface area contributed by atoms with Crippen LogP contribution in [0.2, 0.25) is 5.02 Å². The lowest BCUT2D eigenvalue weighted by Crippen LogP contribution is -2.42. The summed E-state index contributed by atoms with van der Waals surface area (Å²) in [6.45, 7) is 2.75. The molecule has 0 radical (unpaired) electrons. The quantitative estimate of drug-likeness (QED) is 0.298. The van der Waals surface area contributed by atoms with Gasteiger partial charge in [-0.1, -0.05) is 65.1 Å². The van der Waals surface area contributed by atoms with E-state index in [1.807, 2.05) is 11.0 Å². The molecule has 0 aliphatic carbocycles. The first-order valence-electron chi connectivity index (χ1n) is 11.2. The molecule has 6 heteroatoms. The smallest absolute Gasteiger partial charge is 0.410 e. The molecule has 5 rings (SSSR count). The lowest BCUT2D eigenvalue weighted by molar-refractivity contribution is 0.135. The highest BCUT2D eigenvalue weighted by Gasteiger charge is 2.35. The van der Waals surface area contributed by atoms with Gasteiger partial charge in [0.25, 0.3) is 0 Å². The molecule has 1 aliphatic heterocycles. The summed E-state index contributed by atoms with van der Waals surface area (Å²) in [7, 11) is 0. The number of rotatable bonds is 4. The number of nitrogens with one attached hydrogen (secondary N) is 1. The molecule has 0 fully saturated rings. The standard InChI is InChI=1S/C27H24BrClN2O2/c1-2-3-17-4-6-18(7-5-17)26-25-22(23-16-19(28)8-13-24(23)30-25)14-15-31(26)27(32)33-21-11-9-20(29)10-12-21/h4-13,16,26,30H,2-3,14-15H2,1H3. The molecule has 0 spiro atoms. The topological polar surface area (TPSA) is 45.3 Å². The van der Waals surface area contributed by atoms with Crippen LogP contribution in [-0.4, -0.2) is 22.5 Å². The number of H-pyrrole nitrogens is 1. The third-order valence-electron chi connectivity index (χ3n) is 6.18. The summed E-state index contributed by atoms with van der Waals surface area (Å²) in [5.41, 5.74) is 5.74. The third-order valence-corrected chi connectivity index (χ3v) is 6.92. The van der Waals surface area contributed by atoms with Crippen LogP contribution < -0.4 is 4.74 Å². The van der Waals surface area contributed by atoms with Crippen LogP contribution in [-0.2, 0) is 12.8 Å². The normalized spacial score (nSPS) is 15.5. The van der Waals surface area contributed by atoms with Crippen molar-refractivity contribution in [1.29, 1.82) is 0 Å². The Balaban J connectivity index is 1.56.